The number of aromatic nitrogens is 4. The third-order valence-electron chi connectivity index (χ3n) is 5.03. The molecular formula is C20H23F3N6O3. The van der Waals surface area contributed by atoms with Gasteiger partial charge in [-0.3, -0.25) is 9.48 Å². The Morgan fingerprint density at radius 2 is 1.91 bits per heavy atom. The fraction of sp³-hybridized carbons (Fsp3) is 0.450. The number of fused-ring (bicyclic) bond motifs is 1. The van der Waals surface area contributed by atoms with Crippen LogP contribution in [0.15, 0.2) is 42.4 Å². The number of allylic oxidation sites excluding steroid dienone is 1. The lowest BCUT2D eigenvalue weighted by Crippen LogP contribution is -2.36. The van der Waals surface area contributed by atoms with E-state index in [2.05, 4.69) is 26.5 Å². The number of rotatable bonds is 4. The van der Waals surface area contributed by atoms with Crippen molar-refractivity contribution >= 4 is 17.8 Å². The summed E-state index contributed by atoms with van der Waals surface area (Å²) in [5.41, 5.74) is 2.05. The van der Waals surface area contributed by atoms with E-state index in [4.69, 9.17) is 9.90 Å². The number of nitrogens with zero attached hydrogens (tertiary/aromatic N) is 5. The van der Waals surface area contributed by atoms with Gasteiger partial charge in [0.1, 0.15) is 0 Å². The van der Waals surface area contributed by atoms with E-state index in [-0.39, 0.29) is 11.8 Å². The third-order valence-corrected chi connectivity index (χ3v) is 5.03. The molecule has 2 aromatic rings. The van der Waals surface area contributed by atoms with Crippen LogP contribution in [-0.4, -0.2) is 60.9 Å². The normalized spacial score (nSPS) is 18.0. The Morgan fingerprint density at radius 1 is 1.19 bits per heavy atom. The second kappa shape index (κ2) is 10.2. The van der Waals surface area contributed by atoms with Crippen LogP contribution in [0.2, 0.25) is 0 Å². The summed E-state index contributed by atoms with van der Waals surface area (Å²) in [6.45, 7) is 2.81. The molecule has 0 bridgehead atoms. The third kappa shape index (κ3) is 6.28. The average molecular weight is 452 g/mol. The van der Waals surface area contributed by atoms with Gasteiger partial charge >= 0.3 is 12.1 Å². The van der Waals surface area contributed by atoms with Crippen LogP contribution in [-0.2, 0) is 22.7 Å². The van der Waals surface area contributed by atoms with Crippen molar-refractivity contribution in [1.82, 2.24) is 24.6 Å². The van der Waals surface area contributed by atoms with Crippen molar-refractivity contribution in [3.05, 3.63) is 48.1 Å². The first-order valence-electron chi connectivity index (χ1n) is 10.0. The summed E-state index contributed by atoms with van der Waals surface area (Å²) in [4.78, 5) is 32.2. The van der Waals surface area contributed by atoms with Crippen LogP contribution in [0, 0.1) is 5.92 Å². The van der Waals surface area contributed by atoms with Crippen molar-refractivity contribution < 1.29 is 27.9 Å². The molecule has 1 atom stereocenters. The van der Waals surface area contributed by atoms with Crippen molar-refractivity contribution in [2.45, 2.75) is 38.5 Å². The Morgan fingerprint density at radius 3 is 2.53 bits per heavy atom. The van der Waals surface area contributed by atoms with Crippen LogP contribution >= 0.6 is 0 Å². The average Bonchev–Trinajstić information content (AvgIpc) is 3.41. The first-order chi connectivity index (χ1) is 15.2. The highest BCUT2D eigenvalue weighted by Crippen LogP contribution is 2.23. The molecule has 32 heavy (non-hydrogen) atoms. The van der Waals surface area contributed by atoms with Gasteiger partial charge in [0.25, 0.3) is 0 Å². The molecule has 1 amide bonds. The molecule has 0 aromatic carbocycles. The zero-order chi connectivity index (χ0) is 23.1. The number of hydrogen-bond donors (Lipinski definition) is 2. The molecule has 1 aliphatic carbocycles. The van der Waals surface area contributed by atoms with Crippen molar-refractivity contribution in [2.75, 3.05) is 18.4 Å². The highest BCUT2D eigenvalue weighted by atomic mass is 19.4. The van der Waals surface area contributed by atoms with Crippen molar-refractivity contribution in [1.29, 1.82) is 0 Å². The molecule has 0 fully saturated rings. The minimum atomic E-state index is -5.08. The number of carboxylic acids is 1. The lowest BCUT2D eigenvalue weighted by molar-refractivity contribution is -0.192. The predicted octanol–water partition coefficient (Wildman–Crippen LogP) is 2.49. The lowest BCUT2D eigenvalue weighted by atomic mass is 10.1. The number of carboxylic acid groups (broad SMARTS) is 1. The number of halogens is 3. The van der Waals surface area contributed by atoms with Gasteiger partial charge in [0.15, 0.2) is 0 Å². The fourth-order valence-electron chi connectivity index (χ4n) is 3.51. The van der Waals surface area contributed by atoms with Gasteiger partial charge in [-0.25, -0.2) is 14.8 Å². The molecule has 0 saturated heterocycles. The van der Waals surface area contributed by atoms with Crippen LogP contribution in [0.3, 0.4) is 0 Å². The number of anilines is 1. The molecule has 3 heterocycles. The van der Waals surface area contributed by atoms with Gasteiger partial charge in [0.2, 0.25) is 11.9 Å². The number of amides is 1. The van der Waals surface area contributed by atoms with Gasteiger partial charge in [-0.15, -0.1) is 0 Å². The molecule has 4 rings (SSSR count). The number of hydrogen-bond acceptors (Lipinski definition) is 6. The lowest BCUT2D eigenvalue weighted by Gasteiger charge is -2.25. The largest absolute Gasteiger partial charge is 0.490 e. The van der Waals surface area contributed by atoms with Gasteiger partial charge < -0.3 is 15.3 Å². The van der Waals surface area contributed by atoms with E-state index in [1.54, 1.807) is 18.5 Å². The summed E-state index contributed by atoms with van der Waals surface area (Å²) in [5.74, 6) is -1.72. The zero-order valence-electron chi connectivity index (χ0n) is 17.1. The molecule has 2 aromatic heterocycles. The van der Waals surface area contributed by atoms with Crippen LogP contribution in [0.5, 0.6) is 0 Å². The van der Waals surface area contributed by atoms with Crippen molar-refractivity contribution in [3.63, 3.8) is 0 Å². The van der Waals surface area contributed by atoms with Gasteiger partial charge in [-0.2, -0.15) is 18.3 Å². The first-order valence-corrected chi connectivity index (χ1v) is 10.0. The number of nitrogens with one attached hydrogen (secondary N) is 1. The maximum Gasteiger partial charge on any atom is 0.490 e. The minimum absolute atomic E-state index is 0.174. The Labute approximate surface area is 182 Å². The van der Waals surface area contributed by atoms with Crippen molar-refractivity contribution in [3.8, 4) is 0 Å². The SMILES string of the molecule is O=C(C1=CCCC1)N1Cc2ccnn2CC(CNc2ncccn2)C1.O=C(O)C(F)(F)F. The molecule has 0 saturated carbocycles. The molecule has 0 spiro atoms. The Balaban J connectivity index is 0.000000360. The van der Waals surface area contributed by atoms with E-state index in [9.17, 15) is 18.0 Å². The highest BCUT2D eigenvalue weighted by molar-refractivity contribution is 5.93. The van der Waals surface area contributed by atoms with E-state index in [0.717, 1.165) is 37.1 Å². The molecule has 1 aliphatic heterocycles. The minimum Gasteiger partial charge on any atom is -0.475 e. The molecule has 0 radical (unpaired) electrons. The fourth-order valence-corrected chi connectivity index (χ4v) is 3.51. The van der Waals surface area contributed by atoms with E-state index in [1.807, 2.05) is 21.8 Å². The number of carbonyl (C=O) groups excluding carboxylic acids is 1. The number of carbonyl (C=O) groups is 2. The Bertz CT molecular complexity index is 961. The van der Waals surface area contributed by atoms with Gasteiger partial charge in [-0.05, 0) is 31.4 Å². The molecule has 1 unspecified atom stereocenters. The van der Waals surface area contributed by atoms with Gasteiger partial charge in [0.05, 0.1) is 12.2 Å². The monoisotopic (exact) mass is 452 g/mol. The summed E-state index contributed by atoms with van der Waals surface area (Å²) in [6.07, 6.45) is 5.26. The van der Waals surface area contributed by atoms with E-state index >= 15 is 0 Å². The maximum absolute atomic E-state index is 12.9. The predicted molar refractivity (Wildman–Crippen MR) is 107 cm³/mol. The summed E-state index contributed by atoms with van der Waals surface area (Å²) in [5, 5.41) is 14.8. The van der Waals surface area contributed by atoms with E-state index in [0.29, 0.717) is 25.6 Å². The van der Waals surface area contributed by atoms with Gasteiger partial charge in [-0.1, -0.05) is 6.08 Å². The molecule has 2 aliphatic rings. The van der Waals surface area contributed by atoms with Crippen LogP contribution in [0.4, 0.5) is 19.1 Å². The standard InChI is InChI=1S/C18H22N6O.C2HF3O2/c25-17(15-4-1-2-5-15)23-11-14(10-21-18-19-7-3-8-20-18)12-24-16(13-23)6-9-22-24;3-2(4,5)1(6)7/h3-4,6-9,14H,1-2,5,10-13H2,(H,19,20,21);(H,6,7). The Kier molecular flexibility index (Phi) is 7.44. The highest BCUT2D eigenvalue weighted by Gasteiger charge is 2.38. The Hall–Kier alpha value is -3.44. The molecule has 172 valence electrons. The number of aliphatic carboxylic acids is 1. The molecule has 9 nitrogen and oxygen atoms in total. The number of alkyl halides is 3. The summed E-state index contributed by atoms with van der Waals surface area (Å²) in [6, 6.07) is 3.79. The zero-order valence-corrected chi connectivity index (χ0v) is 17.1. The van der Waals surface area contributed by atoms with Crippen LogP contribution in [0.25, 0.3) is 0 Å². The quantitative estimate of drug-likeness (QED) is 0.733. The topological polar surface area (TPSA) is 113 Å². The van der Waals surface area contributed by atoms with Crippen molar-refractivity contribution in [2.24, 2.45) is 5.92 Å². The summed E-state index contributed by atoms with van der Waals surface area (Å²) in [7, 11) is 0. The smallest absolute Gasteiger partial charge is 0.475 e. The summed E-state index contributed by atoms with van der Waals surface area (Å²) < 4.78 is 33.7. The summed E-state index contributed by atoms with van der Waals surface area (Å²) >= 11 is 0. The van der Waals surface area contributed by atoms with Gasteiger partial charge in [0, 0.05) is 49.7 Å². The second-order valence-corrected chi connectivity index (χ2v) is 7.43. The van der Waals surface area contributed by atoms with Crippen LogP contribution < -0.4 is 5.32 Å². The van der Waals surface area contributed by atoms with E-state index < -0.39 is 12.1 Å². The maximum atomic E-state index is 12.9. The van der Waals surface area contributed by atoms with E-state index in [1.165, 1.54) is 0 Å². The first kappa shape index (κ1) is 23.2. The molecule has 12 heteroatoms. The second-order valence-electron chi connectivity index (χ2n) is 7.43. The molecular weight excluding hydrogens is 429 g/mol. The molecule has 2 N–H and O–H groups in total. The van der Waals surface area contributed by atoms with Crippen LogP contribution in [0.1, 0.15) is 25.0 Å².